The highest BCUT2D eigenvalue weighted by Crippen LogP contribution is 2.34. The van der Waals surface area contributed by atoms with E-state index in [1.54, 1.807) is 20.8 Å². The normalized spacial score (nSPS) is 21.8. The molecule has 0 saturated carbocycles. The number of hydrogen-bond donors (Lipinski definition) is 3. The van der Waals surface area contributed by atoms with E-state index in [1.165, 1.54) is 25.1 Å². The Hall–Kier alpha value is -4.44. The Bertz CT molecular complexity index is 1260. The summed E-state index contributed by atoms with van der Waals surface area (Å²) in [5.41, 5.74) is -0.414. The van der Waals surface area contributed by atoms with Crippen LogP contribution in [0.2, 0.25) is 0 Å². The predicted octanol–water partition coefficient (Wildman–Crippen LogP) is 1.49. The van der Waals surface area contributed by atoms with Gasteiger partial charge < -0.3 is 48.9 Å². The van der Waals surface area contributed by atoms with E-state index < -0.39 is 91.4 Å². The van der Waals surface area contributed by atoms with Crippen molar-refractivity contribution < 1.29 is 67.0 Å². The summed E-state index contributed by atoms with van der Waals surface area (Å²) in [6, 6.07) is 3.18. The number of alkyl carbamates (subject to hydrolysis) is 1. The second kappa shape index (κ2) is 16.0. The third-order valence-corrected chi connectivity index (χ3v) is 5.80. The zero-order valence-electron chi connectivity index (χ0n) is 26.4. The third-order valence-electron chi connectivity index (χ3n) is 5.80. The second-order valence-corrected chi connectivity index (χ2v) is 11.0. The Kier molecular flexibility index (Phi) is 13.1. The van der Waals surface area contributed by atoms with Crippen LogP contribution in [0.4, 0.5) is 10.5 Å². The number of hydrogen-bond acceptors (Lipinski definition) is 14. The van der Waals surface area contributed by atoms with Crippen LogP contribution in [0.1, 0.15) is 61.0 Å². The molecule has 45 heavy (non-hydrogen) atoms. The van der Waals surface area contributed by atoms with Gasteiger partial charge in [0.25, 0.3) is 0 Å². The highest BCUT2D eigenvalue weighted by Gasteiger charge is 2.53. The first kappa shape index (κ1) is 36.8. The topological polar surface area (TPSA) is 211 Å². The predicted molar refractivity (Wildman–Crippen MR) is 152 cm³/mol. The maximum absolute atomic E-state index is 13.0. The van der Waals surface area contributed by atoms with Gasteiger partial charge in [-0.3, -0.25) is 24.0 Å². The lowest BCUT2D eigenvalue weighted by atomic mass is 9.98. The van der Waals surface area contributed by atoms with Gasteiger partial charge in [0.2, 0.25) is 18.3 Å². The molecule has 2 amide bonds. The molecule has 0 bridgehead atoms. The zero-order chi connectivity index (χ0) is 34.1. The maximum atomic E-state index is 13.0. The van der Waals surface area contributed by atoms with E-state index in [2.05, 4.69) is 10.6 Å². The summed E-state index contributed by atoms with van der Waals surface area (Å²) in [4.78, 5) is 73.0. The number of nitrogens with one attached hydrogen (secondary N) is 2. The van der Waals surface area contributed by atoms with Gasteiger partial charge in [0.15, 0.2) is 12.2 Å². The fourth-order valence-corrected chi connectivity index (χ4v) is 4.07. The number of carbonyl (C=O) groups is 6. The molecule has 0 unspecified atom stereocenters. The molecule has 1 fully saturated rings. The molecule has 1 aromatic rings. The monoisotopic (exact) mass is 640 g/mol. The number of ether oxygens (including phenoxy) is 7. The van der Waals surface area contributed by atoms with Crippen molar-refractivity contribution in [3.05, 3.63) is 23.8 Å². The first-order valence-electron chi connectivity index (χ1n) is 13.9. The number of rotatable bonds is 11. The van der Waals surface area contributed by atoms with E-state index in [0.29, 0.717) is 5.56 Å². The SMILES string of the molecule is CC(=O)OC[C@H]1O[C@@H](Oc2cc(CO)ccc2NC(=O)[C@H](C)NC(=O)OC(C)(C)C)[C@H](OC(C)=O)[C@@H](OC(C)=O)[C@H]1OC(C)=O. The summed E-state index contributed by atoms with van der Waals surface area (Å²) in [6.07, 6.45) is -8.15. The fraction of sp³-hybridized carbons (Fsp3) is 0.586. The van der Waals surface area contributed by atoms with Crippen LogP contribution in [0.15, 0.2) is 18.2 Å². The Balaban J connectivity index is 2.49. The summed E-state index contributed by atoms with van der Waals surface area (Å²) < 4.78 is 38.4. The Labute approximate surface area is 259 Å². The highest BCUT2D eigenvalue weighted by atomic mass is 16.7. The van der Waals surface area contributed by atoms with Gasteiger partial charge in [-0.1, -0.05) is 6.07 Å². The lowest BCUT2D eigenvalue weighted by molar-refractivity contribution is -0.288. The second-order valence-electron chi connectivity index (χ2n) is 11.0. The lowest BCUT2D eigenvalue weighted by Crippen LogP contribution is -2.63. The van der Waals surface area contributed by atoms with Crippen molar-refractivity contribution in [1.82, 2.24) is 5.32 Å². The molecular formula is C29H40N2O14. The summed E-state index contributed by atoms with van der Waals surface area (Å²) in [5, 5.41) is 14.8. The van der Waals surface area contributed by atoms with E-state index in [4.69, 9.17) is 33.2 Å². The van der Waals surface area contributed by atoms with E-state index in [1.807, 2.05) is 0 Å². The Morgan fingerprint density at radius 1 is 0.889 bits per heavy atom. The quantitative estimate of drug-likeness (QED) is 0.231. The van der Waals surface area contributed by atoms with Crippen LogP contribution in [0.5, 0.6) is 5.75 Å². The van der Waals surface area contributed by atoms with Gasteiger partial charge in [-0.15, -0.1) is 0 Å². The largest absolute Gasteiger partial charge is 0.463 e. The number of esters is 4. The number of aliphatic hydroxyl groups excluding tert-OH is 1. The van der Waals surface area contributed by atoms with Crippen molar-refractivity contribution in [3.63, 3.8) is 0 Å². The molecule has 1 saturated heterocycles. The first-order valence-corrected chi connectivity index (χ1v) is 13.9. The molecule has 6 atom stereocenters. The van der Waals surface area contributed by atoms with Crippen LogP contribution in [0.25, 0.3) is 0 Å². The molecule has 1 aromatic carbocycles. The minimum Gasteiger partial charge on any atom is -0.463 e. The number of benzene rings is 1. The van der Waals surface area contributed by atoms with Crippen molar-refractivity contribution >= 4 is 41.6 Å². The van der Waals surface area contributed by atoms with Gasteiger partial charge >= 0.3 is 30.0 Å². The third kappa shape index (κ3) is 11.9. The molecule has 16 heteroatoms. The summed E-state index contributed by atoms with van der Waals surface area (Å²) in [7, 11) is 0. The van der Waals surface area contributed by atoms with Crippen LogP contribution >= 0.6 is 0 Å². The molecule has 0 aliphatic carbocycles. The van der Waals surface area contributed by atoms with E-state index in [0.717, 1.165) is 27.7 Å². The van der Waals surface area contributed by atoms with Crippen molar-refractivity contribution in [2.24, 2.45) is 0 Å². The van der Waals surface area contributed by atoms with Crippen LogP contribution in [-0.2, 0) is 59.0 Å². The molecule has 2 rings (SSSR count). The molecular weight excluding hydrogens is 600 g/mol. The lowest BCUT2D eigenvalue weighted by Gasteiger charge is -2.44. The zero-order valence-corrected chi connectivity index (χ0v) is 26.4. The fourth-order valence-electron chi connectivity index (χ4n) is 4.07. The van der Waals surface area contributed by atoms with Crippen LogP contribution in [-0.4, -0.2) is 89.9 Å². The average Bonchev–Trinajstić information content (AvgIpc) is 2.89. The molecule has 1 heterocycles. The summed E-state index contributed by atoms with van der Waals surface area (Å²) in [5.74, 6) is -3.94. The molecule has 250 valence electrons. The molecule has 0 radical (unpaired) electrons. The van der Waals surface area contributed by atoms with Crippen molar-refractivity contribution in [3.8, 4) is 5.75 Å². The van der Waals surface area contributed by atoms with Crippen molar-refractivity contribution in [1.29, 1.82) is 0 Å². The van der Waals surface area contributed by atoms with Crippen LogP contribution in [0.3, 0.4) is 0 Å². The molecule has 0 spiro atoms. The standard InChI is InChI=1S/C29H40N2O14/c1-14(30-28(38)45-29(6,7)8)26(37)31-20-10-9-19(12-32)11-21(20)43-27-25(42-18(5)36)24(41-17(4)35)23(40-16(3)34)22(44-27)13-39-15(2)33/h9-11,14,22-25,27,32H,12-13H2,1-8H3,(H,30,38)(H,31,37)/t14-,22+,23-,24-,25+,27+/m0/s1. The van der Waals surface area contributed by atoms with Gasteiger partial charge in [0.05, 0.1) is 12.3 Å². The van der Waals surface area contributed by atoms with Crippen molar-refractivity contribution in [2.75, 3.05) is 11.9 Å². The molecule has 0 aromatic heterocycles. The van der Waals surface area contributed by atoms with Gasteiger partial charge in [-0.2, -0.15) is 0 Å². The van der Waals surface area contributed by atoms with E-state index in [9.17, 15) is 33.9 Å². The van der Waals surface area contributed by atoms with Crippen molar-refractivity contribution in [2.45, 2.75) is 104 Å². The number of amides is 2. The summed E-state index contributed by atoms with van der Waals surface area (Å²) in [6.45, 7) is 9.87. The molecule has 1 aliphatic heterocycles. The first-order chi connectivity index (χ1) is 20.9. The number of aliphatic hydroxyl groups is 1. The van der Waals surface area contributed by atoms with Gasteiger partial charge in [0, 0.05) is 27.7 Å². The molecule has 3 N–H and O–H groups in total. The molecule has 1 aliphatic rings. The maximum Gasteiger partial charge on any atom is 0.408 e. The van der Waals surface area contributed by atoms with E-state index >= 15 is 0 Å². The van der Waals surface area contributed by atoms with E-state index in [-0.39, 0.29) is 11.4 Å². The Morgan fingerprint density at radius 2 is 1.47 bits per heavy atom. The van der Waals surface area contributed by atoms with Gasteiger partial charge in [0.1, 0.15) is 30.1 Å². The average molecular weight is 641 g/mol. The highest BCUT2D eigenvalue weighted by molar-refractivity contribution is 5.97. The Morgan fingerprint density at radius 3 is 2.00 bits per heavy atom. The molecule has 16 nitrogen and oxygen atoms in total. The number of anilines is 1. The minimum absolute atomic E-state index is 0.0443. The van der Waals surface area contributed by atoms with Crippen LogP contribution < -0.4 is 15.4 Å². The van der Waals surface area contributed by atoms with Gasteiger partial charge in [-0.05, 0) is 45.4 Å². The minimum atomic E-state index is -1.60. The smallest absolute Gasteiger partial charge is 0.408 e. The van der Waals surface area contributed by atoms with Gasteiger partial charge in [-0.25, -0.2) is 4.79 Å². The number of carbonyl (C=O) groups excluding carboxylic acids is 6. The van der Waals surface area contributed by atoms with Crippen LogP contribution in [0, 0.1) is 0 Å². The summed E-state index contributed by atoms with van der Waals surface area (Å²) >= 11 is 0.